The second-order valence-electron chi connectivity index (χ2n) is 9.47. The number of nitrogens with zero attached hydrogens (tertiary/aromatic N) is 5. The largest absolute Gasteiger partial charge is 0.352 e. The second-order valence-corrected chi connectivity index (χ2v) is 9.47. The standard InChI is InChI=1S/C28H33N5O2/c1-4-20-9-8-10-21(5-2)26(20)33-18-22(17-25(33)34)28(35)32-15-13-31(14-16-32)27-19(3)29-23-11-6-7-12-24(23)30-27/h6-12,22H,4-5,13-18H2,1-3H3. The van der Waals surface area contributed by atoms with Crippen LogP contribution >= 0.6 is 0 Å². The average molecular weight is 472 g/mol. The van der Waals surface area contributed by atoms with Gasteiger partial charge >= 0.3 is 0 Å². The first kappa shape index (κ1) is 23.3. The first-order valence-electron chi connectivity index (χ1n) is 12.7. The number of piperazine rings is 1. The third-order valence-corrected chi connectivity index (χ3v) is 7.32. The Morgan fingerprint density at radius 1 is 0.914 bits per heavy atom. The van der Waals surface area contributed by atoms with Crippen molar-refractivity contribution in [2.24, 2.45) is 5.92 Å². The fraction of sp³-hybridized carbons (Fsp3) is 0.429. The van der Waals surface area contributed by atoms with E-state index in [2.05, 4.69) is 36.9 Å². The molecule has 2 fully saturated rings. The van der Waals surface area contributed by atoms with Crippen molar-refractivity contribution >= 4 is 34.4 Å². The highest BCUT2D eigenvalue weighted by molar-refractivity contribution is 6.01. The maximum absolute atomic E-state index is 13.4. The SMILES string of the molecule is CCc1cccc(CC)c1N1CC(C(=O)N2CCN(c3nc4ccccc4nc3C)CC2)CC1=O. The summed E-state index contributed by atoms with van der Waals surface area (Å²) in [5, 5.41) is 0. The lowest BCUT2D eigenvalue weighted by molar-refractivity contribution is -0.136. The number of para-hydroxylation sites is 3. The molecule has 5 rings (SSSR count). The fourth-order valence-electron chi connectivity index (χ4n) is 5.43. The van der Waals surface area contributed by atoms with Crippen LogP contribution < -0.4 is 9.80 Å². The van der Waals surface area contributed by atoms with E-state index in [1.807, 2.05) is 41.0 Å². The van der Waals surface area contributed by atoms with Crippen LogP contribution in [0, 0.1) is 12.8 Å². The zero-order valence-corrected chi connectivity index (χ0v) is 20.8. The first-order chi connectivity index (χ1) is 17.0. The molecule has 0 spiro atoms. The lowest BCUT2D eigenvalue weighted by Gasteiger charge is -2.37. The third-order valence-electron chi connectivity index (χ3n) is 7.32. The predicted octanol–water partition coefficient (Wildman–Crippen LogP) is 3.76. The van der Waals surface area contributed by atoms with Crippen LogP contribution in [0.15, 0.2) is 42.5 Å². The molecule has 0 radical (unpaired) electrons. The third kappa shape index (κ3) is 4.35. The summed E-state index contributed by atoms with van der Waals surface area (Å²) in [4.78, 5) is 42.0. The Labute approximate surface area is 206 Å². The molecule has 2 saturated heterocycles. The number of rotatable bonds is 5. The van der Waals surface area contributed by atoms with E-state index in [0.29, 0.717) is 32.7 Å². The molecule has 2 amide bonds. The highest BCUT2D eigenvalue weighted by Gasteiger charge is 2.39. The van der Waals surface area contributed by atoms with Crippen molar-refractivity contribution in [3.63, 3.8) is 0 Å². The molecule has 2 aliphatic rings. The normalized spacial score (nSPS) is 18.5. The molecule has 1 aromatic heterocycles. The highest BCUT2D eigenvalue weighted by Crippen LogP contribution is 2.33. The minimum Gasteiger partial charge on any atom is -0.352 e. The lowest BCUT2D eigenvalue weighted by Crippen LogP contribution is -2.51. The molecule has 7 heteroatoms. The Kier molecular flexibility index (Phi) is 6.41. The molecule has 3 aromatic rings. The number of carbonyl (C=O) groups excluding carboxylic acids is 2. The van der Waals surface area contributed by atoms with E-state index in [1.54, 1.807) is 0 Å². The molecular formula is C28H33N5O2. The summed E-state index contributed by atoms with van der Waals surface area (Å²) in [6.07, 6.45) is 2.02. The monoisotopic (exact) mass is 471 g/mol. The number of aromatic nitrogens is 2. The smallest absolute Gasteiger partial charge is 0.228 e. The molecule has 35 heavy (non-hydrogen) atoms. The van der Waals surface area contributed by atoms with Gasteiger partial charge in [-0.2, -0.15) is 0 Å². The number of benzene rings is 2. The first-order valence-corrected chi connectivity index (χ1v) is 12.7. The van der Waals surface area contributed by atoms with Crippen LogP contribution in [0.25, 0.3) is 11.0 Å². The van der Waals surface area contributed by atoms with Gasteiger partial charge in [0.1, 0.15) is 0 Å². The average Bonchev–Trinajstić information content (AvgIpc) is 3.28. The molecule has 3 heterocycles. The Hall–Kier alpha value is -3.48. The van der Waals surface area contributed by atoms with Gasteiger partial charge in [0.25, 0.3) is 0 Å². The summed E-state index contributed by atoms with van der Waals surface area (Å²) in [6.45, 7) is 9.36. The Morgan fingerprint density at radius 2 is 1.54 bits per heavy atom. The van der Waals surface area contributed by atoms with Gasteiger partial charge in [-0.1, -0.05) is 44.2 Å². The maximum atomic E-state index is 13.4. The number of anilines is 2. The van der Waals surface area contributed by atoms with Crippen LogP contribution in [0.5, 0.6) is 0 Å². The van der Waals surface area contributed by atoms with Crippen molar-refractivity contribution in [2.45, 2.75) is 40.0 Å². The minimum absolute atomic E-state index is 0.0552. The number of fused-ring (bicyclic) bond motifs is 1. The zero-order valence-electron chi connectivity index (χ0n) is 20.8. The molecule has 7 nitrogen and oxygen atoms in total. The molecule has 2 aromatic carbocycles. The van der Waals surface area contributed by atoms with E-state index >= 15 is 0 Å². The predicted molar refractivity (Wildman–Crippen MR) is 139 cm³/mol. The van der Waals surface area contributed by atoms with Gasteiger partial charge in [-0.3, -0.25) is 9.59 Å². The van der Waals surface area contributed by atoms with Crippen molar-refractivity contribution in [1.29, 1.82) is 0 Å². The van der Waals surface area contributed by atoms with E-state index in [4.69, 9.17) is 9.97 Å². The Morgan fingerprint density at radius 3 is 2.17 bits per heavy atom. The van der Waals surface area contributed by atoms with Gasteiger partial charge in [0.05, 0.1) is 22.6 Å². The molecular weight excluding hydrogens is 438 g/mol. The van der Waals surface area contributed by atoms with Gasteiger partial charge in [0.15, 0.2) is 5.82 Å². The van der Waals surface area contributed by atoms with Crippen molar-refractivity contribution in [1.82, 2.24) is 14.9 Å². The van der Waals surface area contributed by atoms with Crippen molar-refractivity contribution in [2.75, 3.05) is 42.5 Å². The van der Waals surface area contributed by atoms with E-state index in [9.17, 15) is 9.59 Å². The summed E-state index contributed by atoms with van der Waals surface area (Å²) in [5.74, 6) is 0.751. The molecule has 0 aliphatic carbocycles. The number of carbonyl (C=O) groups is 2. The van der Waals surface area contributed by atoms with Crippen molar-refractivity contribution in [3.8, 4) is 0 Å². The van der Waals surface area contributed by atoms with Crippen LogP contribution in [0.1, 0.15) is 37.1 Å². The number of hydrogen-bond donors (Lipinski definition) is 0. The molecule has 1 atom stereocenters. The van der Waals surface area contributed by atoms with Gasteiger partial charge in [-0.25, -0.2) is 9.97 Å². The Balaban J connectivity index is 1.27. The zero-order chi connectivity index (χ0) is 24.5. The van der Waals surface area contributed by atoms with E-state index in [0.717, 1.165) is 41.1 Å². The van der Waals surface area contributed by atoms with E-state index in [-0.39, 0.29) is 24.2 Å². The van der Waals surface area contributed by atoms with Crippen LogP contribution in [-0.2, 0) is 22.4 Å². The van der Waals surface area contributed by atoms with Gasteiger partial charge in [-0.05, 0) is 43.0 Å². The number of aryl methyl sites for hydroxylation is 3. The second kappa shape index (κ2) is 9.64. The maximum Gasteiger partial charge on any atom is 0.228 e. The number of amides is 2. The summed E-state index contributed by atoms with van der Waals surface area (Å²) in [7, 11) is 0. The summed E-state index contributed by atoms with van der Waals surface area (Å²) in [6, 6.07) is 14.1. The van der Waals surface area contributed by atoms with Gasteiger partial charge < -0.3 is 14.7 Å². The number of hydrogen-bond acceptors (Lipinski definition) is 5. The highest BCUT2D eigenvalue weighted by atomic mass is 16.2. The summed E-state index contributed by atoms with van der Waals surface area (Å²) in [5.41, 5.74) is 6.05. The van der Waals surface area contributed by atoms with E-state index in [1.165, 1.54) is 11.1 Å². The van der Waals surface area contributed by atoms with E-state index < -0.39 is 0 Å². The molecule has 0 bridgehead atoms. The molecule has 1 unspecified atom stereocenters. The van der Waals surface area contributed by atoms with Crippen molar-refractivity contribution < 1.29 is 9.59 Å². The quantitative estimate of drug-likeness (QED) is 0.567. The van der Waals surface area contributed by atoms with Crippen LogP contribution in [0.2, 0.25) is 0 Å². The molecule has 0 saturated carbocycles. The van der Waals surface area contributed by atoms with Crippen LogP contribution in [0.3, 0.4) is 0 Å². The van der Waals surface area contributed by atoms with Gasteiger partial charge in [0, 0.05) is 44.8 Å². The van der Waals surface area contributed by atoms with Crippen LogP contribution in [-0.4, -0.2) is 59.4 Å². The van der Waals surface area contributed by atoms with Crippen LogP contribution in [0.4, 0.5) is 11.5 Å². The minimum atomic E-state index is -0.286. The van der Waals surface area contributed by atoms with Gasteiger partial charge in [-0.15, -0.1) is 0 Å². The lowest BCUT2D eigenvalue weighted by atomic mass is 10.0. The molecule has 182 valence electrons. The molecule has 2 aliphatic heterocycles. The summed E-state index contributed by atoms with van der Waals surface area (Å²) >= 11 is 0. The fourth-order valence-corrected chi connectivity index (χ4v) is 5.43. The topological polar surface area (TPSA) is 69.6 Å². The molecule has 0 N–H and O–H groups in total. The summed E-state index contributed by atoms with van der Waals surface area (Å²) < 4.78 is 0. The van der Waals surface area contributed by atoms with Gasteiger partial charge in [0.2, 0.25) is 11.8 Å². The Bertz CT molecular complexity index is 1240. The van der Waals surface area contributed by atoms with Crippen molar-refractivity contribution in [3.05, 3.63) is 59.3 Å².